The summed E-state index contributed by atoms with van der Waals surface area (Å²) in [6, 6.07) is 10.1. The van der Waals surface area contributed by atoms with Crippen LogP contribution in [0.25, 0.3) is 0 Å². The van der Waals surface area contributed by atoms with E-state index in [4.69, 9.17) is 5.26 Å². The Morgan fingerprint density at radius 3 is 2.41 bits per heavy atom. The van der Waals surface area contributed by atoms with Crippen LogP contribution in [0.15, 0.2) is 30.3 Å². The predicted molar refractivity (Wildman–Crippen MR) is 69.5 cm³/mol. The van der Waals surface area contributed by atoms with Crippen molar-refractivity contribution < 1.29 is 10.1 Å². The molecule has 0 spiro atoms. The molecule has 2 heteroatoms. The topological polar surface area (TPSA) is 29.5 Å². The van der Waals surface area contributed by atoms with Gasteiger partial charge in [-0.1, -0.05) is 42.2 Å². The van der Waals surface area contributed by atoms with Gasteiger partial charge in [0.25, 0.3) is 0 Å². The van der Waals surface area contributed by atoms with Crippen LogP contribution in [0.5, 0.6) is 0 Å². The second-order valence-corrected chi connectivity index (χ2v) is 5.14. The molecule has 0 amide bonds. The molecule has 0 saturated carbocycles. The van der Waals surface area contributed by atoms with Gasteiger partial charge in [-0.3, -0.25) is 5.26 Å². The molecule has 0 saturated heterocycles. The molecule has 0 aliphatic rings. The summed E-state index contributed by atoms with van der Waals surface area (Å²) in [4.78, 5) is 4.39. The maximum absolute atomic E-state index is 8.80. The SMILES string of the molecule is CC(C)(C)C#CC(CCc1ccccc1)OO. The third-order valence-electron chi connectivity index (χ3n) is 2.27. The number of hydrogen-bond donors (Lipinski definition) is 1. The fraction of sp³-hybridized carbons (Fsp3) is 0.467. The van der Waals surface area contributed by atoms with E-state index in [-0.39, 0.29) is 5.41 Å². The van der Waals surface area contributed by atoms with Gasteiger partial charge < -0.3 is 0 Å². The monoisotopic (exact) mass is 232 g/mol. The van der Waals surface area contributed by atoms with E-state index in [1.807, 2.05) is 39.0 Å². The zero-order valence-electron chi connectivity index (χ0n) is 10.7. The first kappa shape index (κ1) is 13.8. The van der Waals surface area contributed by atoms with Crippen molar-refractivity contribution in [1.29, 1.82) is 0 Å². The van der Waals surface area contributed by atoms with Crippen LogP contribution in [-0.2, 0) is 11.3 Å². The highest BCUT2D eigenvalue weighted by Gasteiger charge is 2.08. The summed E-state index contributed by atoms with van der Waals surface area (Å²) in [7, 11) is 0. The van der Waals surface area contributed by atoms with Crippen molar-refractivity contribution in [2.75, 3.05) is 0 Å². The summed E-state index contributed by atoms with van der Waals surface area (Å²) in [5.41, 5.74) is 1.16. The summed E-state index contributed by atoms with van der Waals surface area (Å²) >= 11 is 0. The Labute approximate surface area is 104 Å². The minimum Gasteiger partial charge on any atom is -0.251 e. The van der Waals surface area contributed by atoms with Crippen LogP contribution >= 0.6 is 0 Å². The molecule has 0 radical (unpaired) electrons. The van der Waals surface area contributed by atoms with Crippen LogP contribution in [0, 0.1) is 17.3 Å². The van der Waals surface area contributed by atoms with Crippen molar-refractivity contribution in [3.05, 3.63) is 35.9 Å². The molecule has 0 aliphatic carbocycles. The molecule has 1 unspecified atom stereocenters. The van der Waals surface area contributed by atoms with Crippen LogP contribution in [0.2, 0.25) is 0 Å². The molecular weight excluding hydrogens is 212 g/mol. The van der Waals surface area contributed by atoms with Crippen LogP contribution in [0.3, 0.4) is 0 Å². The van der Waals surface area contributed by atoms with Crippen LogP contribution in [-0.4, -0.2) is 11.4 Å². The lowest BCUT2D eigenvalue weighted by atomic mass is 9.97. The van der Waals surface area contributed by atoms with Gasteiger partial charge in [0.1, 0.15) is 0 Å². The maximum Gasteiger partial charge on any atom is 0.153 e. The summed E-state index contributed by atoms with van der Waals surface area (Å²) in [6.45, 7) is 6.10. The van der Waals surface area contributed by atoms with Gasteiger partial charge in [-0.05, 0) is 39.2 Å². The van der Waals surface area contributed by atoms with Gasteiger partial charge in [0, 0.05) is 5.41 Å². The fourth-order valence-electron chi connectivity index (χ4n) is 1.39. The molecule has 1 aromatic rings. The minimum atomic E-state index is -0.408. The molecule has 0 bridgehead atoms. The molecule has 1 aromatic carbocycles. The second-order valence-electron chi connectivity index (χ2n) is 5.14. The van der Waals surface area contributed by atoms with E-state index in [0.29, 0.717) is 6.42 Å². The van der Waals surface area contributed by atoms with Gasteiger partial charge in [0.2, 0.25) is 0 Å². The maximum atomic E-state index is 8.80. The summed E-state index contributed by atoms with van der Waals surface area (Å²) in [6.07, 6.45) is 1.14. The highest BCUT2D eigenvalue weighted by molar-refractivity contribution is 5.16. The molecule has 92 valence electrons. The third-order valence-corrected chi connectivity index (χ3v) is 2.27. The summed E-state index contributed by atoms with van der Waals surface area (Å²) < 4.78 is 0. The largest absolute Gasteiger partial charge is 0.251 e. The van der Waals surface area contributed by atoms with E-state index < -0.39 is 6.10 Å². The average molecular weight is 232 g/mol. The van der Waals surface area contributed by atoms with E-state index in [2.05, 4.69) is 28.9 Å². The third kappa shape index (κ3) is 6.11. The zero-order chi connectivity index (χ0) is 12.7. The van der Waals surface area contributed by atoms with Crippen molar-refractivity contribution in [2.24, 2.45) is 5.41 Å². The number of benzene rings is 1. The standard InChI is InChI=1S/C15H20O2/c1-15(2,3)12-11-14(17-16)10-9-13-7-5-4-6-8-13/h4-8,14,16H,9-10H2,1-3H3. The van der Waals surface area contributed by atoms with Crippen molar-refractivity contribution in [1.82, 2.24) is 0 Å². The minimum absolute atomic E-state index is 0.0659. The first-order chi connectivity index (χ1) is 8.01. The van der Waals surface area contributed by atoms with Crippen molar-refractivity contribution >= 4 is 0 Å². The van der Waals surface area contributed by atoms with Gasteiger partial charge in [-0.25, -0.2) is 4.89 Å². The molecule has 2 nitrogen and oxygen atoms in total. The van der Waals surface area contributed by atoms with E-state index in [9.17, 15) is 0 Å². The molecule has 1 rings (SSSR count). The number of hydrogen-bond acceptors (Lipinski definition) is 2. The number of aryl methyl sites for hydroxylation is 1. The molecular formula is C15H20O2. The Bertz CT molecular complexity index is 379. The summed E-state index contributed by atoms with van der Waals surface area (Å²) in [5, 5.41) is 8.80. The molecule has 17 heavy (non-hydrogen) atoms. The van der Waals surface area contributed by atoms with Gasteiger partial charge in [-0.15, -0.1) is 0 Å². The molecule has 0 aromatic heterocycles. The molecule has 1 atom stereocenters. The van der Waals surface area contributed by atoms with Gasteiger partial charge in [-0.2, -0.15) is 0 Å². The highest BCUT2D eigenvalue weighted by Crippen LogP contribution is 2.11. The Morgan fingerprint density at radius 2 is 1.88 bits per heavy atom. The van der Waals surface area contributed by atoms with Crippen molar-refractivity contribution in [3.8, 4) is 11.8 Å². The molecule has 0 aliphatic heterocycles. The van der Waals surface area contributed by atoms with Crippen LogP contribution < -0.4 is 0 Å². The van der Waals surface area contributed by atoms with Crippen molar-refractivity contribution in [3.63, 3.8) is 0 Å². The van der Waals surface area contributed by atoms with E-state index in [0.717, 1.165) is 6.42 Å². The van der Waals surface area contributed by atoms with Gasteiger partial charge in [0.05, 0.1) is 0 Å². The lowest BCUT2D eigenvalue weighted by Crippen LogP contribution is -2.11. The Balaban J connectivity index is 2.50. The second kappa shape index (κ2) is 6.44. The molecule has 0 heterocycles. The highest BCUT2D eigenvalue weighted by atomic mass is 17.1. The smallest absolute Gasteiger partial charge is 0.153 e. The predicted octanol–water partition coefficient (Wildman–Crippen LogP) is 3.53. The van der Waals surface area contributed by atoms with E-state index in [1.54, 1.807) is 0 Å². The van der Waals surface area contributed by atoms with E-state index in [1.165, 1.54) is 5.56 Å². The molecule has 1 N–H and O–H groups in total. The van der Waals surface area contributed by atoms with E-state index >= 15 is 0 Å². The first-order valence-electron chi connectivity index (χ1n) is 5.88. The zero-order valence-corrected chi connectivity index (χ0v) is 10.7. The number of rotatable bonds is 4. The molecule has 0 fully saturated rings. The fourth-order valence-corrected chi connectivity index (χ4v) is 1.39. The normalized spacial score (nSPS) is 12.7. The Hall–Kier alpha value is -1.30. The lowest BCUT2D eigenvalue weighted by molar-refractivity contribution is -0.264. The van der Waals surface area contributed by atoms with Gasteiger partial charge in [0.15, 0.2) is 6.10 Å². The lowest BCUT2D eigenvalue weighted by Gasteiger charge is -2.10. The summed E-state index contributed by atoms with van der Waals surface area (Å²) in [5.74, 6) is 6.03. The van der Waals surface area contributed by atoms with Crippen molar-refractivity contribution in [2.45, 2.75) is 39.7 Å². The Kier molecular flexibility index (Phi) is 5.21. The first-order valence-corrected chi connectivity index (χ1v) is 5.88. The Morgan fingerprint density at radius 1 is 1.24 bits per heavy atom. The van der Waals surface area contributed by atoms with Gasteiger partial charge >= 0.3 is 0 Å². The van der Waals surface area contributed by atoms with Crippen LogP contribution in [0.4, 0.5) is 0 Å². The van der Waals surface area contributed by atoms with Crippen LogP contribution in [0.1, 0.15) is 32.8 Å². The quantitative estimate of drug-likeness (QED) is 0.489. The average Bonchev–Trinajstić information content (AvgIpc) is 2.29.